The predicted molar refractivity (Wildman–Crippen MR) is 120 cm³/mol. The van der Waals surface area contributed by atoms with Gasteiger partial charge in [-0.15, -0.1) is 11.3 Å². The number of hydrogen-bond donors (Lipinski definition) is 0. The van der Waals surface area contributed by atoms with Crippen LogP contribution in [0.3, 0.4) is 0 Å². The first-order valence-electron chi connectivity index (χ1n) is 11.4. The van der Waals surface area contributed by atoms with Gasteiger partial charge in [0.25, 0.3) is 0 Å². The molecule has 5 rings (SSSR count). The maximum atomic E-state index is 14.1. The summed E-state index contributed by atoms with van der Waals surface area (Å²) in [4.78, 5) is 19.0. The van der Waals surface area contributed by atoms with Crippen LogP contribution in [0, 0.1) is 18.8 Å². The number of halogens is 4. The van der Waals surface area contributed by atoms with Crippen LogP contribution in [0.1, 0.15) is 58.3 Å². The number of piperidine rings is 1. The normalized spacial score (nSPS) is 19.2. The number of aromatic nitrogens is 3. The van der Waals surface area contributed by atoms with E-state index in [1.165, 1.54) is 30.4 Å². The first kappa shape index (κ1) is 24.8. The van der Waals surface area contributed by atoms with E-state index < -0.39 is 18.2 Å². The van der Waals surface area contributed by atoms with Crippen LogP contribution >= 0.6 is 11.3 Å². The second-order valence-corrected chi connectivity index (χ2v) is 9.72. The number of hydrogen-bond acceptors (Lipinski definition) is 6. The molecule has 1 atom stereocenters. The lowest BCUT2D eigenvalue weighted by atomic mass is 9.97. The summed E-state index contributed by atoms with van der Waals surface area (Å²) in [5.74, 6) is -0.473. The molecule has 1 unspecified atom stereocenters. The van der Waals surface area contributed by atoms with Crippen LogP contribution in [0.4, 0.5) is 17.6 Å². The zero-order chi connectivity index (χ0) is 25.4. The van der Waals surface area contributed by atoms with Crippen LogP contribution in [-0.2, 0) is 40.2 Å². The average Bonchev–Trinajstić information content (AvgIpc) is 3.41. The average molecular weight is 524 g/mol. The molecule has 0 aliphatic carbocycles. The molecule has 2 aromatic heterocycles. The van der Waals surface area contributed by atoms with Crippen molar-refractivity contribution in [3.8, 4) is 0 Å². The lowest BCUT2D eigenvalue weighted by molar-refractivity contribution is -0.155. The Morgan fingerprint density at radius 2 is 2.00 bits per heavy atom. The largest absolute Gasteiger partial charge is 0.435 e. The summed E-state index contributed by atoms with van der Waals surface area (Å²) >= 11 is 1.49. The van der Waals surface area contributed by atoms with Crippen LogP contribution in [0.5, 0.6) is 0 Å². The number of benzene rings is 1. The molecule has 1 saturated heterocycles. The molecule has 1 fully saturated rings. The number of carbonyl (C=O) groups is 1. The van der Waals surface area contributed by atoms with E-state index in [2.05, 4.69) is 11.2 Å². The van der Waals surface area contributed by atoms with E-state index in [1.807, 2.05) is 5.38 Å². The van der Waals surface area contributed by atoms with Crippen LogP contribution in [0.25, 0.3) is 0 Å². The van der Waals surface area contributed by atoms with Crippen molar-refractivity contribution < 1.29 is 31.8 Å². The summed E-state index contributed by atoms with van der Waals surface area (Å²) in [5.41, 5.74) is 0.973. The highest BCUT2D eigenvalue weighted by Gasteiger charge is 2.35. The second-order valence-electron chi connectivity index (χ2n) is 8.83. The van der Waals surface area contributed by atoms with E-state index in [9.17, 15) is 22.4 Å². The zero-order valence-electron chi connectivity index (χ0n) is 19.3. The van der Waals surface area contributed by atoms with E-state index in [0.717, 1.165) is 15.8 Å². The minimum atomic E-state index is -4.55. The Morgan fingerprint density at radius 1 is 1.25 bits per heavy atom. The van der Waals surface area contributed by atoms with Crippen molar-refractivity contribution in [1.29, 1.82) is 0 Å². The molecule has 1 amide bonds. The molecule has 0 N–H and O–H groups in total. The summed E-state index contributed by atoms with van der Waals surface area (Å²) < 4.78 is 65.4. The molecule has 1 radical (unpaired) electrons. The monoisotopic (exact) mass is 523 g/mol. The van der Waals surface area contributed by atoms with Crippen molar-refractivity contribution in [1.82, 2.24) is 19.7 Å². The maximum Gasteiger partial charge on any atom is 0.435 e. The summed E-state index contributed by atoms with van der Waals surface area (Å²) in [6, 6.07) is 6.79. The van der Waals surface area contributed by atoms with Gasteiger partial charge in [-0.2, -0.15) is 18.3 Å². The number of aryl methyl sites for hydroxylation is 1. The molecule has 0 spiro atoms. The molecule has 2 aliphatic rings. The summed E-state index contributed by atoms with van der Waals surface area (Å²) in [7, 11) is 0. The molecule has 3 aromatic rings. The van der Waals surface area contributed by atoms with Crippen molar-refractivity contribution in [2.24, 2.45) is 0 Å². The zero-order valence-corrected chi connectivity index (χ0v) is 20.2. The SMILES string of the molecule is Cc1cc(C(F)(F)F)nn1CC(=O)N1CCC(c2nc(C3OCc4[c]ccc(F)c4CO3)cs2)CC1. The van der Waals surface area contributed by atoms with E-state index in [-0.39, 0.29) is 43.1 Å². The van der Waals surface area contributed by atoms with Gasteiger partial charge >= 0.3 is 6.18 Å². The van der Waals surface area contributed by atoms with E-state index in [4.69, 9.17) is 14.5 Å². The van der Waals surface area contributed by atoms with Gasteiger partial charge in [-0.25, -0.2) is 9.37 Å². The quantitative estimate of drug-likeness (QED) is 0.462. The Labute approximate surface area is 208 Å². The van der Waals surface area contributed by atoms with Crippen LogP contribution < -0.4 is 0 Å². The van der Waals surface area contributed by atoms with Crippen molar-refractivity contribution >= 4 is 17.2 Å². The predicted octanol–water partition coefficient (Wildman–Crippen LogP) is 4.76. The number of alkyl halides is 3. The van der Waals surface area contributed by atoms with Crippen molar-refractivity contribution in [2.75, 3.05) is 13.1 Å². The maximum absolute atomic E-state index is 14.1. The summed E-state index contributed by atoms with van der Waals surface area (Å²) in [6.45, 7) is 2.46. The number of rotatable bonds is 4. The number of nitrogens with zero attached hydrogens (tertiary/aromatic N) is 4. The van der Waals surface area contributed by atoms with Gasteiger partial charge in [0, 0.05) is 35.6 Å². The van der Waals surface area contributed by atoms with Gasteiger partial charge in [0.2, 0.25) is 12.2 Å². The van der Waals surface area contributed by atoms with E-state index in [1.54, 1.807) is 4.90 Å². The Kier molecular flexibility index (Phi) is 6.84. The Hall–Kier alpha value is -2.83. The highest BCUT2D eigenvalue weighted by molar-refractivity contribution is 7.09. The van der Waals surface area contributed by atoms with Gasteiger partial charge in [0.05, 0.1) is 18.2 Å². The highest BCUT2D eigenvalue weighted by atomic mass is 32.1. The summed E-state index contributed by atoms with van der Waals surface area (Å²) in [5, 5.41) is 6.31. The third kappa shape index (κ3) is 5.16. The molecule has 0 saturated carbocycles. The van der Waals surface area contributed by atoms with Crippen molar-refractivity contribution in [2.45, 2.75) is 57.9 Å². The van der Waals surface area contributed by atoms with Crippen LogP contribution in [0.15, 0.2) is 23.6 Å². The Morgan fingerprint density at radius 3 is 2.72 bits per heavy atom. The van der Waals surface area contributed by atoms with Crippen molar-refractivity contribution in [3.05, 3.63) is 68.7 Å². The lowest BCUT2D eigenvalue weighted by Gasteiger charge is -2.31. The van der Waals surface area contributed by atoms with E-state index >= 15 is 0 Å². The fourth-order valence-electron chi connectivity index (χ4n) is 4.38. The third-order valence-corrected chi connectivity index (χ3v) is 7.46. The second kappa shape index (κ2) is 9.91. The van der Waals surface area contributed by atoms with E-state index in [0.29, 0.717) is 42.8 Å². The van der Waals surface area contributed by atoms with Gasteiger partial charge in [-0.3, -0.25) is 9.48 Å². The molecule has 36 heavy (non-hydrogen) atoms. The molecule has 191 valence electrons. The van der Waals surface area contributed by atoms with Crippen LogP contribution in [0.2, 0.25) is 0 Å². The Bertz CT molecular complexity index is 1250. The fraction of sp³-hybridized carbons (Fsp3) is 0.458. The number of ether oxygens (including phenoxy) is 2. The number of thiazole rings is 1. The van der Waals surface area contributed by atoms with Crippen LogP contribution in [-0.4, -0.2) is 38.7 Å². The van der Waals surface area contributed by atoms with Gasteiger partial charge in [-0.05, 0) is 43.5 Å². The third-order valence-electron chi connectivity index (χ3n) is 6.43. The standard InChI is InChI=1S/C24H23F4N4O3S/c1-14-9-20(24(26,27)28)30-32(14)10-21(33)31-7-5-15(6-8-31)22-29-19(13-36-22)23-34-11-16-3-2-4-18(25)17(16)12-35-23/h2,4,9,13,15,23H,5-8,10-12H2,1H3. The first-order chi connectivity index (χ1) is 17.2. The molecule has 12 heteroatoms. The van der Waals surface area contributed by atoms with Gasteiger partial charge in [-0.1, -0.05) is 6.07 Å². The van der Waals surface area contributed by atoms with Crippen molar-refractivity contribution in [3.63, 3.8) is 0 Å². The molecular formula is C24H23F4N4O3S. The molecule has 7 nitrogen and oxygen atoms in total. The Balaban J connectivity index is 1.16. The number of fused-ring (bicyclic) bond motifs is 1. The molecular weight excluding hydrogens is 500 g/mol. The first-order valence-corrected chi connectivity index (χ1v) is 12.3. The van der Waals surface area contributed by atoms with Gasteiger partial charge in [0.1, 0.15) is 18.1 Å². The number of amides is 1. The highest BCUT2D eigenvalue weighted by Crippen LogP contribution is 2.34. The number of carbonyl (C=O) groups excluding carboxylic acids is 1. The van der Waals surface area contributed by atoms with Gasteiger partial charge in [0.15, 0.2) is 5.69 Å². The topological polar surface area (TPSA) is 69.5 Å². The van der Waals surface area contributed by atoms with Gasteiger partial charge < -0.3 is 14.4 Å². The minimum Gasteiger partial charge on any atom is -0.342 e. The number of likely N-dealkylation sites (tertiary alicyclic amines) is 1. The fourth-order valence-corrected chi connectivity index (χ4v) is 5.37. The lowest BCUT2D eigenvalue weighted by Crippen LogP contribution is -2.40. The minimum absolute atomic E-state index is 0.0662. The molecule has 2 aliphatic heterocycles. The molecule has 1 aromatic carbocycles. The smallest absolute Gasteiger partial charge is 0.342 e. The molecule has 4 heterocycles. The summed E-state index contributed by atoms with van der Waals surface area (Å²) in [6.07, 6.45) is -3.89. The molecule has 0 bridgehead atoms.